The van der Waals surface area contributed by atoms with Gasteiger partial charge in [0.05, 0.1) is 0 Å². The van der Waals surface area contributed by atoms with E-state index in [9.17, 15) is 9.90 Å². The molecule has 2 fully saturated rings. The van der Waals surface area contributed by atoms with Crippen LogP contribution in [0.3, 0.4) is 0 Å². The highest BCUT2D eigenvalue weighted by atomic mass is 35.5. The fourth-order valence-electron chi connectivity index (χ4n) is 3.26. The lowest BCUT2D eigenvalue weighted by Crippen LogP contribution is -2.48. The predicted octanol–water partition coefficient (Wildman–Crippen LogP) is 1.52. The quantitative estimate of drug-likeness (QED) is 0.816. The van der Waals surface area contributed by atoms with Crippen LogP contribution in [0.2, 0.25) is 5.02 Å². The van der Waals surface area contributed by atoms with Gasteiger partial charge in [-0.1, -0.05) is 29.8 Å². The Morgan fingerprint density at radius 1 is 1.29 bits per heavy atom. The molecular formula is C18H26ClN3O2. The van der Waals surface area contributed by atoms with Crippen molar-refractivity contribution in [2.75, 3.05) is 46.3 Å². The molecule has 1 amide bonds. The highest BCUT2D eigenvalue weighted by Crippen LogP contribution is 2.45. The van der Waals surface area contributed by atoms with E-state index in [1.165, 1.54) is 0 Å². The van der Waals surface area contributed by atoms with Crippen molar-refractivity contribution in [3.8, 4) is 0 Å². The fourth-order valence-corrected chi connectivity index (χ4v) is 3.50. The van der Waals surface area contributed by atoms with Gasteiger partial charge in [0.1, 0.15) is 0 Å². The lowest BCUT2D eigenvalue weighted by molar-refractivity contribution is -0.129. The number of benzene rings is 1. The molecule has 1 saturated carbocycles. The first-order valence-corrected chi connectivity index (χ1v) is 8.98. The maximum atomic E-state index is 12.3. The summed E-state index contributed by atoms with van der Waals surface area (Å²) < 4.78 is 0. The van der Waals surface area contributed by atoms with Crippen molar-refractivity contribution >= 4 is 17.5 Å². The van der Waals surface area contributed by atoms with Gasteiger partial charge in [0, 0.05) is 55.3 Å². The van der Waals surface area contributed by atoms with Gasteiger partial charge in [0.2, 0.25) is 0 Å². The highest BCUT2D eigenvalue weighted by Gasteiger charge is 2.44. The predicted molar refractivity (Wildman–Crippen MR) is 95.0 cm³/mol. The molecule has 132 valence electrons. The van der Waals surface area contributed by atoms with Crippen molar-refractivity contribution in [1.29, 1.82) is 0 Å². The number of aliphatic hydroxyl groups excluding tert-OH is 1. The van der Waals surface area contributed by atoms with Crippen LogP contribution in [0.15, 0.2) is 24.3 Å². The Morgan fingerprint density at radius 3 is 2.58 bits per heavy atom. The molecule has 1 atom stereocenters. The number of amides is 1. The van der Waals surface area contributed by atoms with Crippen LogP contribution >= 0.6 is 11.6 Å². The molecule has 2 aliphatic rings. The minimum Gasteiger partial charge on any atom is -0.378 e. The van der Waals surface area contributed by atoms with Crippen LogP contribution in [0.1, 0.15) is 24.5 Å². The Labute approximate surface area is 148 Å². The van der Waals surface area contributed by atoms with E-state index in [2.05, 4.69) is 22.2 Å². The van der Waals surface area contributed by atoms with Crippen LogP contribution in [-0.4, -0.2) is 67.1 Å². The van der Waals surface area contributed by atoms with Gasteiger partial charge >= 0.3 is 0 Å². The van der Waals surface area contributed by atoms with E-state index in [1.807, 2.05) is 0 Å². The van der Waals surface area contributed by atoms with Gasteiger partial charge in [0.25, 0.3) is 5.91 Å². The van der Waals surface area contributed by atoms with Crippen LogP contribution in [0.5, 0.6) is 0 Å². The Bertz CT molecular complexity index is 583. The summed E-state index contributed by atoms with van der Waals surface area (Å²) >= 11 is 6.06. The van der Waals surface area contributed by atoms with E-state index in [1.54, 1.807) is 24.3 Å². The van der Waals surface area contributed by atoms with Gasteiger partial charge in [-0.15, -0.1) is 0 Å². The maximum absolute atomic E-state index is 12.3. The Hall–Kier alpha value is -1.14. The minimum absolute atomic E-state index is 0.186. The topological polar surface area (TPSA) is 55.8 Å². The minimum atomic E-state index is -1.21. The lowest BCUT2D eigenvalue weighted by Gasteiger charge is -2.35. The number of halogens is 1. The number of carbonyl (C=O) groups is 1. The largest absolute Gasteiger partial charge is 0.378 e. The molecular weight excluding hydrogens is 326 g/mol. The number of carbonyl (C=O) groups excluding carboxylic acids is 1. The second-order valence-corrected chi connectivity index (χ2v) is 7.63. The number of nitrogens with one attached hydrogen (secondary N) is 1. The highest BCUT2D eigenvalue weighted by molar-refractivity contribution is 6.31. The van der Waals surface area contributed by atoms with Gasteiger partial charge in [-0.05, 0) is 26.0 Å². The maximum Gasteiger partial charge on any atom is 0.253 e. The van der Waals surface area contributed by atoms with Crippen LogP contribution in [0.4, 0.5) is 0 Å². The summed E-state index contributed by atoms with van der Waals surface area (Å²) in [5.41, 5.74) is 0.645. The zero-order valence-corrected chi connectivity index (χ0v) is 14.9. The van der Waals surface area contributed by atoms with Crippen LogP contribution in [0, 0.1) is 5.41 Å². The molecule has 1 aliphatic heterocycles. The second kappa shape index (κ2) is 7.40. The van der Waals surface area contributed by atoms with Crippen LogP contribution in [0.25, 0.3) is 0 Å². The zero-order chi connectivity index (χ0) is 17.2. The van der Waals surface area contributed by atoms with Crippen molar-refractivity contribution in [3.63, 3.8) is 0 Å². The van der Waals surface area contributed by atoms with Crippen molar-refractivity contribution in [1.82, 2.24) is 15.1 Å². The molecule has 1 heterocycles. The Morgan fingerprint density at radius 2 is 1.96 bits per heavy atom. The number of hydrogen-bond donors (Lipinski definition) is 2. The van der Waals surface area contributed by atoms with E-state index in [4.69, 9.17) is 11.6 Å². The van der Waals surface area contributed by atoms with E-state index in [0.29, 0.717) is 17.1 Å². The summed E-state index contributed by atoms with van der Waals surface area (Å²) in [6.07, 6.45) is 1.07. The number of piperazine rings is 1. The van der Waals surface area contributed by atoms with Crippen molar-refractivity contribution in [2.45, 2.75) is 18.9 Å². The van der Waals surface area contributed by atoms with Crippen LogP contribution in [-0.2, 0) is 4.79 Å². The number of hydrogen-bond acceptors (Lipinski definition) is 4. The van der Waals surface area contributed by atoms with E-state index in [-0.39, 0.29) is 11.3 Å². The van der Waals surface area contributed by atoms with Crippen molar-refractivity contribution < 1.29 is 9.90 Å². The molecule has 0 aromatic heterocycles. The van der Waals surface area contributed by atoms with Gasteiger partial charge in [-0.25, -0.2) is 0 Å². The SMILES string of the molecule is CN1CCN(CC2(CNC(=O)C(O)c3ccccc3Cl)CC2)CC1. The molecule has 2 N–H and O–H groups in total. The smallest absolute Gasteiger partial charge is 0.253 e. The molecule has 1 saturated heterocycles. The van der Waals surface area contributed by atoms with Crippen molar-refractivity contribution in [3.05, 3.63) is 34.9 Å². The van der Waals surface area contributed by atoms with Gasteiger partial charge in [0.15, 0.2) is 6.10 Å². The molecule has 0 bridgehead atoms. The molecule has 0 spiro atoms. The summed E-state index contributed by atoms with van der Waals surface area (Å²) in [6.45, 7) is 6.05. The molecule has 6 heteroatoms. The summed E-state index contributed by atoms with van der Waals surface area (Å²) in [6, 6.07) is 6.92. The molecule has 5 nitrogen and oxygen atoms in total. The average Bonchev–Trinajstić information content (AvgIpc) is 3.34. The third-order valence-electron chi connectivity index (χ3n) is 5.20. The monoisotopic (exact) mass is 351 g/mol. The van der Waals surface area contributed by atoms with E-state index >= 15 is 0 Å². The third kappa shape index (κ3) is 4.28. The molecule has 1 aromatic carbocycles. The van der Waals surface area contributed by atoms with Crippen molar-refractivity contribution in [2.24, 2.45) is 5.41 Å². The first-order valence-electron chi connectivity index (χ1n) is 8.60. The summed E-state index contributed by atoms with van der Waals surface area (Å²) in [7, 11) is 2.15. The van der Waals surface area contributed by atoms with E-state index < -0.39 is 6.10 Å². The summed E-state index contributed by atoms with van der Waals surface area (Å²) in [4.78, 5) is 17.1. The molecule has 3 rings (SSSR count). The van der Waals surface area contributed by atoms with E-state index in [0.717, 1.165) is 45.6 Å². The molecule has 0 radical (unpaired) electrons. The van der Waals surface area contributed by atoms with Crippen LogP contribution < -0.4 is 5.32 Å². The summed E-state index contributed by atoms with van der Waals surface area (Å²) in [5.74, 6) is -0.368. The fraction of sp³-hybridized carbons (Fsp3) is 0.611. The Kier molecular flexibility index (Phi) is 5.45. The standard InChI is InChI=1S/C18H26ClN3O2/c1-21-8-10-22(11-9-21)13-18(6-7-18)12-20-17(24)16(23)14-4-2-3-5-15(14)19/h2-5,16,23H,6-13H2,1H3,(H,20,24). The number of aliphatic hydroxyl groups is 1. The van der Waals surface area contributed by atoms with Gasteiger partial charge in [-0.2, -0.15) is 0 Å². The third-order valence-corrected chi connectivity index (χ3v) is 5.54. The van der Waals surface area contributed by atoms with Gasteiger partial charge < -0.3 is 20.2 Å². The number of likely N-dealkylation sites (N-methyl/N-ethyl adjacent to an activating group) is 1. The molecule has 1 aliphatic carbocycles. The Balaban J connectivity index is 1.50. The summed E-state index contributed by atoms with van der Waals surface area (Å²) in [5, 5.41) is 13.6. The molecule has 1 unspecified atom stereocenters. The number of nitrogens with zero attached hydrogens (tertiary/aromatic N) is 2. The zero-order valence-electron chi connectivity index (χ0n) is 14.2. The van der Waals surface area contributed by atoms with Gasteiger partial charge in [-0.3, -0.25) is 4.79 Å². The number of rotatable bonds is 6. The average molecular weight is 352 g/mol. The second-order valence-electron chi connectivity index (χ2n) is 7.22. The molecule has 1 aromatic rings. The first kappa shape index (κ1) is 17.7. The molecule has 24 heavy (non-hydrogen) atoms. The normalized spacial score (nSPS) is 22.1. The first-order chi connectivity index (χ1) is 11.5. The lowest BCUT2D eigenvalue weighted by atomic mass is 10.0.